The number of aromatic nitrogens is 2. The summed E-state index contributed by atoms with van der Waals surface area (Å²) >= 11 is 6.07. The lowest BCUT2D eigenvalue weighted by molar-refractivity contribution is 0.657. The van der Waals surface area contributed by atoms with E-state index < -0.39 is 0 Å². The summed E-state index contributed by atoms with van der Waals surface area (Å²) in [6.07, 6.45) is 3.93. The van der Waals surface area contributed by atoms with Gasteiger partial charge in [-0.25, -0.2) is 0 Å². The van der Waals surface area contributed by atoms with Crippen molar-refractivity contribution in [2.75, 3.05) is 18.0 Å². The van der Waals surface area contributed by atoms with Crippen LogP contribution in [0.3, 0.4) is 0 Å². The van der Waals surface area contributed by atoms with Gasteiger partial charge in [0.2, 0.25) is 0 Å². The molecule has 1 aliphatic rings. The van der Waals surface area contributed by atoms with Gasteiger partial charge in [-0.1, -0.05) is 6.92 Å². The Labute approximate surface area is 109 Å². The molecule has 96 valence electrons. The van der Waals surface area contributed by atoms with Crippen molar-refractivity contribution >= 4 is 17.4 Å². The average Bonchev–Trinajstić information content (AvgIpc) is 3.03. The predicted molar refractivity (Wildman–Crippen MR) is 72.7 cm³/mol. The number of aryl methyl sites for hydroxylation is 2. The molecule has 0 spiro atoms. The normalized spacial score (nSPS) is 15.3. The van der Waals surface area contributed by atoms with E-state index in [-0.39, 0.29) is 0 Å². The summed E-state index contributed by atoms with van der Waals surface area (Å²) in [7, 11) is 2.02. The molecule has 3 nitrogen and oxygen atoms in total. The first kappa shape index (κ1) is 12.7. The highest BCUT2D eigenvalue weighted by molar-refractivity contribution is 6.17. The first-order valence-electron chi connectivity index (χ1n) is 6.50. The van der Waals surface area contributed by atoms with Gasteiger partial charge in [0.25, 0.3) is 0 Å². The second kappa shape index (κ2) is 5.30. The summed E-state index contributed by atoms with van der Waals surface area (Å²) in [4.78, 5) is 2.47. The lowest BCUT2D eigenvalue weighted by Crippen LogP contribution is -2.29. The van der Waals surface area contributed by atoms with E-state index in [0.717, 1.165) is 24.7 Å². The van der Waals surface area contributed by atoms with Crippen molar-refractivity contribution < 1.29 is 0 Å². The summed E-state index contributed by atoms with van der Waals surface area (Å²) < 4.78 is 1.99. The molecule has 0 aliphatic heterocycles. The van der Waals surface area contributed by atoms with Crippen LogP contribution in [0.15, 0.2) is 0 Å². The second-order valence-corrected chi connectivity index (χ2v) is 5.30. The van der Waals surface area contributed by atoms with Crippen LogP contribution in [-0.2, 0) is 12.9 Å². The van der Waals surface area contributed by atoms with E-state index in [4.69, 9.17) is 11.6 Å². The van der Waals surface area contributed by atoms with Crippen LogP contribution in [0.25, 0.3) is 0 Å². The molecular weight excluding hydrogens is 234 g/mol. The standard InChI is InChI=1S/C13H22ClN3/c1-4-7-17(9-11-5-6-11)13-12(8-14)10(2)15-16(13)3/h11H,4-9H2,1-3H3. The van der Waals surface area contributed by atoms with E-state index >= 15 is 0 Å². The third-order valence-corrected chi connectivity index (χ3v) is 3.68. The number of rotatable bonds is 6. The molecule has 0 atom stereocenters. The van der Waals surface area contributed by atoms with E-state index in [2.05, 4.69) is 16.9 Å². The first-order chi connectivity index (χ1) is 8.17. The van der Waals surface area contributed by atoms with Crippen molar-refractivity contribution in [3.05, 3.63) is 11.3 Å². The highest BCUT2D eigenvalue weighted by Crippen LogP contribution is 2.33. The summed E-state index contributed by atoms with van der Waals surface area (Å²) in [6.45, 7) is 6.53. The molecule has 1 aromatic rings. The van der Waals surface area contributed by atoms with Crippen LogP contribution in [0, 0.1) is 12.8 Å². The fraction of sp³-hybridized carbons (Fsp3) is 0.769. The Morgan fingerprint density at radius 1 is 1.47 bits per heavy atom. The fourth-order valence-corrected chi connectivity index (χ4v) is 2.72. The number of alkyl halides is 1. The molecule has 17 heavy (non-hydrogen) atoms. The fourth-order valence-electron chi connectivity index (χ4n) is 2.41. The van der Waals surface area contributed by atoms with Gasteiger partial charge in [0.05, 0.1) is 11.6 Å². The molecule has 0 unspecified atom stereocenters. The maximum absolute atomic E-state index is 6.07. The average molecular weight is 256 g/mol. The SMILES string of the molecule is CCCN(CC1CC1)c1c(CCl)c(C)nn1C. The number of anilines is 1. The zero-order chi connectivity index (χ0) is 12.4. The molecule has 1 saturated carbocycles. The smallest absolute Gasteiger partial charge is 0.131 e. The van der Waals surface area contributed by atoms with E-state index in [1.165, 1.54) is 30.6 Å². The van der Waals surface area contributed by atoms with Crippen LogP contribution in [0.2, 0.25) is 0 Å². The number of halogens is 1. The van der Waals surface area contributed by atoms with E-state index in [1.807, 2.05) is 18.7 Å². The zero-order valence-corrected chi connectivity index (χ0v) is 11.8. The van der Waals surface area contributed by atoms with E-state index in [9.17, 15) is 0 Å². The van der Waals surface area contributed by atoms with Gasteiger partial charge in [0, 0.05) is 25.7 Å². The van der Waals surface area contributed by atoms with Crippen LogP contribution in [0.1, 0.15) is 37.4 Å². The van der Waals surface area contributed by atoms with Crippen molar-refractivity contribution in [2.24, 2.45) is 13.0 Å². The van der Waals surface area contributed by atoms with Gasteiger partial charge in [-0.3, -0.25) is 4.68 Å². The lowest BCUT2D eigenvalue weighted by atomic mass is 10.2. The minimum Gasteiger partial charge on any atom is -0.356 e. The highest BCUT2D eigenvalue weighted by Gasteiger charge is 2.27. The van der Waals surface area contributed by atoms with Gasteiger partial charge in [-0.15, -0.1) is 11.6 Å². The van der Waals surface area contributed by atoms with E-state index in [1.54, 1.807) is 0 Å². The Hall–Kier alpha value is -0.700. The lowest BCUT2D eigenvalue weighted by Gasteiger charge is -2.25. The Balaban J connectivity index is 2.26. The third-order valence-electron chi connectivity index (χ3n) is 3.42. The minimum absolute atomic E-state index is 0.555. The van der Waals surface area contributed by atoms with Gasteiger partial charge < -0.3 is 4.90 Å². The van der Waals surface area contributed by atoms with Crippen molar-refractivity contribution in [2.45, 2.75) is 39.0 Å². The summed E-state index contributed by atoms with van der Waals surface area (Å²) in [6, 6.07) is 0. The van der Waals surface area contributed by atoms with Crippen molar-refractivity contribution in [3.8, 4) is 0 Å². The van der Waals surface area contributed by atoms with Gasteiger partial charge in [0.1, 0.15) is 5.82 Å². The zero-order valence-electron chi connectivity index (χ0n) is 11.0. The molecule has 0 aromatic carbocycles. The summed E-state index contributed by atoms with van der Waals surface area (Å²) in [5.41, 5.74) is 2.26. The van der Waals surface area contributed by atoms with Gasteiger partial charge in [-0.2, -0.15) is 5.10 Å². The Bertz CT molecular complexity index is 382. The van der Waals surface area contributed by atoms with Crippen LogP contribution < -0.4 is 4.90 Å². The Morgan fingerprint density at radius 2 is 2.18 bits per heavy atom. The first-order valence-corrected chi connectivity index (χ1v) is 7.04. The maximum atomic E-state index is 6.07. The molecule has 0 bridgehead atoms. The molecule has 0 radical (unpaired) electrons. The van der Waals surface area contributed by atoms with Crippen molar-refractivity contribution in [1.82, 2.24) is 9.78 Å². The molecule has 1 heterocycles. The van der Waals surface area contributed by atoms with Crippen molar-refractivity contribution in [3.63, 3.8) is 0 Å². The molecule has 1 fully saturated rings. The maximum Gasteiger partial charge on any atom is 0.131 e. The van der Waals surface area contributed by atoms with Crippen LogP contribution in [0.4, 0.5) is 5.82 Å². The molecule has 4 heteroatoms. The highest BCUT2D eigenvalue weighted by atomic mass is 35.5. The quantitative estimate of drug-likeness (QED) is 0.729. The molecule has 2 rings (SSSR count). The molecule has 1 aliphatic carbocycles. The Kier molecular flexibility index (Phi) is 3.97. The third kappa shape index (κ3) is 2.76. The molecule has 0 N–H and O–H groups in total. The molecule has 0 amide bonds. The van der Waals surface area contributed by atoms with Crippen LogP contribution >= 0.6 is 11.6 Å². The molecular formula is C13H22ClN3. The monoisotopic (exact) mass is 255 g/mol. The van der Waals surface area contributed by atoms with Crippen molar-refractivity contribution in [1.29, 1.82) is 0 Å². The van der Waals surface area contributed by atoms with E-state index in [0.29, 0.717) is 5.88 Å². The summed E-state index contributed by atoms with van der Waals surface area (Å²) in [5.74, 6) is 2.67. The van der Waals surface area contributed by atoms with Gasteiger partial charge >= 0.3 is 0 Å². The van der Waals surface area contributed by atoms with Gasteiger partial charge in [-0.05, 0) is 32.1 Å². The van der Waals surface area contributed by atoms with Crippen LogP contribution in [-0.4, -0.2) is 22.9 Å². The predicted octanol–water partition coefficient (Wildman–Crippen LogP) is 3.09. The topological polar surface area (TPSA) is 21.1 Å². The van der Waals surface area contributed by atoms with Gasteiger partial charge in [0.15, 0.2) is 0 Å². The number of hydrogen-bond donors (Lipinski definition) is 0. The Morgan fingerprint density at radius 3 is 2.71 bits per heavy atom. The second-order valence-electron chi connectivity index (χ2n) is 5.03. The largest absolute Gasteiger partial charge is 0.356 e. The molecule has 1 aromatic heterocycles. The minimum atomic E-state index is 0.555. The molecule has 0 saturated heterocycles. The number of nitrogens with zero attached hydrogens (tertiary/aromatic N) is 3. The summed E-state index contributed by atoms with van der Waals surface area (Å²) in [5, 5.41) is 4.50. The number of hydrogen-bond acceptors (Lipinski definition) is 2. The van der Waals surface area contributed by atoms with Crippen LogP contribution in [0.5, 0.6) is 0 Å².